The Hall–Kier alpha value is -1.92. The van der Waals surface area contributed by atoms with E-state index in [0.717, 1.165) is 31.5 Å². The number of ether oxygens (including phenoxy) is 1. The van der Waals surface area contributed by atoms with Gasteiger partial charge < -0.3 is 14.5 Å². The fourth-order valence-electron chi connectivity index (χ4n) is 4.26. The molecule has 0 atom stereocenters. The number of aryl methyl sites for hydroxylation is 2. The molecule has 0 aromatic heterocycles. The van der Waals surface area contributed by atoms with E-state index in [9.17, 15) is 9.59 Å². The van der Waals surface area contributed by atoms with E-state index >= 15 is 0 Å². The Morgan fingerprint density at radius 2 is 1.52 bits per heavy atom. The molecule has 6 nitrogen and oxygen atoms in total. The van der Waals surface area contributed by atoms with Gasteiger partial charge in [0.2, 0.25) is 5.91 Å². The zero-order valence-electron chi connectivity index (χ0n) is 16.0. The van der Waals surface area contributed by atoms with Gasteiger partial charge in [0.05, 0.1) is 19.8 Å². The van der Waals surface area contributed by atoms with E-state index in [-0.39, 0.29) is 11.8 Å². The molecule has 4 rings (SSSR count). The van der Waals surface area contributed by atoms with Crippen LogP contribution in [-0.2, 0) is 22.4 Å². The number of benzene rings is 1. The average molecular weight is 371 g/mol. The van der Waals surface area contributed by atoms with Crippen LogP contribution < -0.4 is 0 Å². The third kappa shape index (κ3) is 4.33. The van der Waals surface area contributed by atoms with Crippen molar-refractivity contribution in [2.45, 2.75) is 25.7 Å². The minimum atomic E-state index is 0.101. The zero-order valence-corrected chi connectivity index (χ0v) is 16.0. The summed E-state index contributed by atoms with van der Waals surface area (Å²) in [5.41, 5.74) is 3.53. The summed E-state index contributed by atoms with van der Waals surface area (Å²) in [6.07, 6.45) is 4.68. The van der Waals surface area contributed by atoms with Gasteiger partial charge in [-0.15, -0.1) is 0 Å². The molecule has 0 saturated carbocycles. The van der Waals surface area contributed by atoms with Gasteiger partial charge >= 0.3 is 0 Å². The summed E-state index contributed by atoms with van der Waals surface area (Å²) < 4.78 is 5.33. The van der Waals surface area contributed by atoms with E-state index in [1.54, 1.807) is 0 Å². The largest absolute Gasteiger partial charge is 0.379 e. The van der Waals surface area contributed by atoms with Gasteiger partial charge in [0.1, 0.15) is 0 Å². The molecule has 2 amide bonds. The van der Waals surface area contributed by atoms with Crippen LogP contribution in [-0.4, -0.2) is 85.5 Å². The highest BCUT2D eigenvalue weighted by Gasteiger charge is 2.26. The van der Waals surface area contributed by atoms with E-state index in [2.05, 4.69) is 17.0 Å². The Morgan fingerprint density at radius 3 is 2.26 bits per heavy atom. The predicted molar refractivity (Wildman–Crippen MR) is 103 cm³/mol. The van der Waals surface area contributed by atoms with Crippen LogP contribution in [0, 0.1) is 0 Å². The molecule has 1 aromatic rings. The van der Waals surface area contributed by atoms with Crippen LogP contribution in [0.3, 0.4) is 0 Å². The normalized spacial score (nSPS) is 21.0. The fraction of sp³-hybridized carbons (Fsp3) is 0.619. The molecule has 27 heavy (non-hydrogen) atoms. The molecule has 0 unspecified atom stereocenters. The van der Waals surface area contributed by atoms with Gasteiger partial charge in [0.15, 0.2) is 0 Å². The van der Waals surface area contributed by atoms with Crippen LogP contribution in [0.2, 0.25) is 0 Å². The first kappa shape index (κ1) is 18.4. The molecule has 1 aliphatic carbocycles. The Labute approximate surface area is 161 Å². The highest BCUT2D eigenvalue weighted by molar-refractivity contribution is 5.94. The van der Waals surface area contributed by atoms with Crippen molar-refractivity contribution in [3.05, 3.63) is 34.9 Å². The van der Waals surface area contributed by atoms with E-state index in [0.29, 0.717) is 45.9 Å². The monoisotopic (exact) mass is 371 g/mol. The first-order valence-corrected chi connectivity index (χ1v) is 10.2. The molecule has 146 valence electrons. The molecular weight excluding hydrogens is 342 g/mol. The third-order valence-corrected chi connectivity index (χ3v) is 5.98. The average Bonchev–Trinajstić information content (AvgIpc) is 2.73. The van der Waals surface area contributed by atoms with Crippen LogP contribution in [0.4, 0.5) is 0 Å². The summed E-state index contributed by atoms with van der Waals surface area (Å²) in [6, 6.07) is 6.19. The van der Waals surface area contributed by atoms with Crippen molar-refractivity contribution in [2.75, 3.05) is 59.0 Å². The van der Waals surface area contributed by atoms with Crippen molar-refractivity contribution in [1.82, 2.24) is 14.7 Å². The van der Waals surface area contributed by atoms with E-state index in [1.165, 1.54) is 24.0 Å². The smallest absolute Gasteiger partial charge is 0.253 e. The summed E-state index contributed by atoms with van der Waals surface area (Å²) in [5.74, 6) is 0.265. The quantitative estimate of drug-likeness (QED) is 0.801. The molecule has 2 saturated heterocycles. The van der Waals surface area contributed by atoms with Crippen LogP contribution in [0.15, 0.2) is 18.2 Å². The van der Waals surface area contributed by atoms with Crippen LogP contribution >= 0.6 is 0 Å². The lowest BCUT2D eigenvalue weighted by Crippen LogP contribution is -2.53. The second-order valence-electron chi connectivity index (χ2n) is 7.75. The topological polar surface area (TPSA) is 53.1 Å². The Morgan fingerprint density at radius 1 is 0.852 bits per heavy atom. The van der Waals surface area contributed by atoms with Gasteiger partial charge in [-0.1, -0.05) is 6.07 Å². The number of fused-ring (bicyclic) bond motifs is 1. The van der Waals surface area contributed by atoms with Crippen LogP contribution in [0.5, 0.6) is 0 Å². The SMILES string of the molecule is O=C(CN1CCOCC1)N1CCN(C(=O)c2ccc3c(c2)CCCC3)CC1. The number of carbonyl (C=O) groups is 2. The van der Waals surface area contributed by atoms with Crippen LogP contribution in [0.1, 0.15) is 34.3 Å². The van der Waals surface area contributed by atoms with Crippen molar-refractivity contribution < 1.29 is 14.3 Å². The zero-order chi connectivity index (χ0) is 18.6. The minimum Gasteiger partial charge on any atom is -0.379 e. The summed E-state index contributed by atoms with van der Waals surface area (Å²) >= 11 is 0. The number of amides is 2. The Kier molecular flexibility index (Phi) is 5.74. The second-order valence-corrected chi connectivity index (χ2v) is 7.75. The van der Waals surface area contributed by atoms with Gasteiger partial charge in [0.25, 0.3) is 5.91 Å². The third-order valence-electron chi connectivity index (χ3n) is 5.98. The van der Waals surface area contributed by atoms with Crippen LogP contribution in [0.25, 0.3) is 0 Å². The molecule has 0 radical (unpaired) electrons. The molecule has 0 bridgehead atoms. The van der Waals surface area contributed by atoms with Gasteiger partial charge in [-0.3, -0.25) is 14.5 Å². The van der Waals surface area contributed by atoms with Crippen molar-refractivity contribution in [2.24, 2.45) is 0 Å². The summed E-state index contributed by atoms with van der Waals surface area (Å²) in [4.78, 5) is 31.3. The highest BCUT2D eigenvalue weighted by atomic mass is 16.5. The number of hydrogen-bond acceptors (Lipinski definition) is 4. The summed E-state index contributed by atoms with van der Waals surface area (Å²) in [7, 11) is 0. The molecule has 3 aliphatic rings. The molecule has 1 aromatic carbocycles. The maximum absolute atomic E-state index is 12.9. The molecular formula is C21H29N3O3. The second kappa shape index (κ2) is 8.40. The van der Waals surface area contributed by atoms with Crippen molar-refractivity contribution in [1.29, 1.82) is 0 Å². The summed E-state index contributed by atoms with van der Waals surface area (Å²) in [5, 5.41) is 0. The van der Waals surface area contributed by atoms with Gasteiger partial charge in [-0.2, -0.15) is 0 Å². The van der Waals surface area contributed by atoms with Gasteiger partial charge in [0, 0.05) is 44.8 Å². The lowest BCUT2D eigenvalue weighted by molar-refractivity contribution is -0.134. The van der Waals surface area contributed by atoms with Crippen molar-refractivity contribution in [3.8, 4) is 0 Å². The fourth-order valence-corrected chi connectivity index (χ4v) is 4.26. The van der Waals surface area contributed by atoms with Crippen molar-refractivity contribution >= 4 is 11.8 Å². The number of morpholine rings is 1. The maximum atomic E-state index is 12.9. The molecule has 2 aliphatic heterocycles. The molecule has 2 fully saturated rings. The predicted octanol–water partition coefficient (Wildman–Crippen LogP) is 1.18. The number of nitrogens with zero attached hydrogens (tertiary/aromatic N) is 3. The number of hydrogen-bond donors (Lipinski definition) is 0. The first-order valence-electron chi connectivity index (χ1n) is 10.2. The standard InChI is InChI=1S/C21H29N3O3/c25-20(16-22-11-13-27-14-12-22)23-7-9-24(10-8-23)21(26)19-6-5-17-3-1-2-4-18(17)15-19/h5-6,15H,1-4,7-14,16H2. The number of rotatable bonds is 3. The Bertz CT molecular complexity index is 692. The van der Waals surface area contributed by atoms with E-state index < -0.39 is 0 Å². The highest BCUT2D eigenvalue weighted by Crippen LogP contribution is 2.23. The molecule has 0 N–H and O–H groups in total. The van der Waals surface area contributed by atoms with E-state index in [1.807, 2.05) is 15.9 Å². The maximum Gasteiger partial charge on any atom is 0.253 e. The summed E-state index contributed by atoms with van der Waals surface area (Å²) in [6.45, 7) is 6.00. The minimum absolute atomic E-state index is 0.101. The molecule has 2 heterocycles. The van der Waals surface area contributed by atoms with Gasteiger partial charge in [-0.05, 0) is 48.9 Å². The first-order chi connectivity index (χ1) is 13.2. The molecule has 6 heteroatoms. The lowest BCUT2D eigenvalue weighted by Gasteiger charge is -2.36. The number of carbonyl (C=O) groups excluding carboxylic acids is 2. The van der Waals surface area contributed by atoms with Gasteiger partial charge in [-0.25, -0.2) is 0 Å². The van der Waals surface area contributed by atoms with Crippen molar-refractivity contribution in [3.63, 3.8) is 0 Å². The number of piperazine rings is 1. The van der Waals surface area contributed by atoms with E-state index in [4.69, 9.17) is 4.74 Å². The molecule has 0 spiro atoms. The lowest BCUT2D eigenvalue weighted by atomic mass is 9.90. The Balaban J connectivity index is 1.30.